The summed E-state index contributed by atoms with van der Waals surface area (Å²) in [5, 5.41) is 0.467. The molecule has 1 amide bonds. The first-order valence-corrected chi connectivity index (χ1v) is 6.75. The lowest BCUT2D eigenvalue weighted by Gasteiger charge is -2.25. The Morgan fingerprint density at radius 3 is 2.45 bits per heavy atom. The molecule has 0 aromatic heterocycles. The largest absolute Gasteiger partial charge is 0.399 e. The molecule has 0 bridgehead atoms. The molecular formula is C16H17ClN2O. The van der Waals surface area contributed by atoms with Crippen molar-refractivity contribution in [3.8, 4) is 0 Å². The Morgan fingerprint density at radius 1 is 1.20 bits per heavy atom. The standard InChI is InChI=1S/C16H17ClN2O/c1-11(12-6-4-3-5-7-12)19(2)16(20)13-8-14(17)10-15(18)9-13/h3-11H,18H2,1-2H3. The molecule has 0 aliphatic carbocycles. The summed E-state index contributed by atoms with van der Waals surface area (Å²) in [4.78, 5) is 14.2. The average molecular weight is 289 g/mol. The number of rotatable bonds is 3. The maximum absolute atomic E-state index is 12.5. The Balaban J connectivity index is 2.24. The summed E-state index contributed by atoms with van der Waals surface area (Å²) in [5.74, 6) is -0.101. The van der Waals surface area contributed by atoms with Crippen LogP contribution in [0.3, 0.4) is 0 Å². The second-order valence-corrected chi connectivity index (χ2v) is 5.21. The highest BCUT2D eigenvalue weighted by atomic mass is 35.5. The highest BCUT2D eigenvalue weighted by Crippen LogP contribution is 2.23. The number of nitrogen functional groups attached to an aromatic ring is 1. The summed E-state index contributed by atoms with van der Waals surface area (Å²) in [6.45, 7) is 1.99. The van der Waals surface area contributed by atoms with Crippen LogP contribution in [0.2, 0.25) is 5.02 Å². The SMILES string of the molecule is CC(c1ccccc1)N(C)C(=O)c1cc(N)cc(Cl)c1. The van der Waals surface area contributed by atoms with E-state index in [1.54, 1.807) is 30.1 Å². The number of carbonyl (C=O) groups is 1. The molecule has 0 saturated carbocycles. The first kappa shape index (κ1) is 14.4. The van der Waals surface area contributed by atoms with Gasteiger partial charge in [-0.3, -0.25) is 4.79 Å². The zero-order valence-electron chi connectivity index (χ0n) is 11.5. The monoisotopic (exact) mass is 288 g/mol. The van der Waals surface area contributed by atoms with Gasteiger partial charge in [-0.15, -0.1) is 0 Å². The molecule has 0 aliphatic heterocycles. The summed E-state index contributed by atoms with van der Waals surface area (Å²) < 4.78 is 0. The molecule has 0 saturated heterocycles. The summed E-state index contributed by atoms with van der Waals surface area (Å²) in [5.41, 5.74) is 7.80. The van der Waals surface area contributed by atoms with Crippen molar-refractivity contribution < 1.29 is 4.79 Å². The minimum absolute atomic E-state index is 0.0242. The van der Waals surface area contributed by atoms with Crippen molar-refractivity contribution in [3.63, 3.8) is 0 Å². The van der Waals surface area contributed by atoms with Gasteiger partial charge in [-0.1, -0.05) is 41.9 Å². The Morgan fingerprint density at radius 2 is 1.85 bits per heavy atom. The van der Waals surface area contributed by atoms with E-state index in [2.05, 4.69) is 0 Å². The van der Waals surface area contributed by atoms with Gasteiger partial charge in [-0.2, -0.15) is 0 Å². The van der Waals surface area contributed by atoms with Gasteiger partial charge in [0.15, 0.2) is 0 Å². The lowest BCUT2D eigenvalue weighted by molar-refractivity contribution is 0.0742. The molecule has 0 heterocycles. The predicted octanol–water partition coefficient (Wildman–Crippen LogP) is 3.76. The fourth-order valence-corrected chi connectivity index (χ4v) is 2.31. The maximum Gasteiger partial charge on any atom is 0.254 e. The van der Waals surface area contributed by atoms with E-state index in [4.69, 9.17) is 17.3 Å². The summed E-state index contributed by atoms with van der Waals surface area (Å²) in [6, 6.07) is 14.7. The smallest absolute Gasteiger partial charge is 0.254 e. The Bertz CT molecular complexity index is 593. The van der Waals surface area contributed by atoms with Gasteiger partial charge in [0.1, 0.15) is 0 Å². The van der Waals surface area contributed by atoms with Crippen molar-refractivity contribution in [2.75, 3.05) is 12.8 Å². The molecule has 3 nitrogen and oxygen atoms in total. The van der Waals surface area contributed by atoms with E-state index in [0.717, 1.165) is 5.56 Å². The van der Waals surface area contributed by atoms with Crippen molar-refractivity contribution in [1.82, 2.24) is 4.90 Å². The zero-order chi connectivity index (χ0) is 14.7. The normalized spacial score (nSPS) is 11.9. The van der Waals surface area contributed by atoms with Gasteiger partial charge in [0.2, 0.25) is 0 Å². The van der Waals surface area contributed by atoms with E-state index >= 15 is 0 Å². The molecule has 2 rings (SSSR count). The molecule has 1 atom stereocenters. The van der Waals surface area contributed by atoms with Crippen LogP contribution in [0.15, 0.2) is 48.5 Å². The quantitative estimate of drug-likeness (QED) is 0.874. The first-order chi connectivity index (χ1) is 9.49. The maximum atomic E-state index is 12.5. The van der Waals surface area contributed by atoms with Gasteiger partial charge in [0.25, 0.3) is 5.91 Å². The van der Waals surface area contributed by atoms with Crippen molar-refractivity contribution in [2.24, 2.45) is 0 Å². The molecule has 2 aromatic rings. The van der Waals surface area contributed by atoms with Crippen molar-refractivity contribution in [2.45, 2.75) is 13.0 Å². The molecular weight excluding hydrogens is 272 g/mol. The molecule has 2 N–H and O–H groups in total. The summed E-state index contributed by atoms with van der Waals surface area (Å²) in [6.07, 6.45) is 0. The van der Waals surface area contributed by atoms with E-state index < -0.39 is 0 Å². The lowest BCUT2D eigenvalue weighted by atomic mass is 10.1. The van der Waals surface area contributed by atoms with Crippen LogP contribution in [-0.4, -0.2) is 17.9 Å². The van der Waals surface area contributed by atoms with Crippen LogP contribution in [0.25, 0.3) is 0 Å². The molecule has 20 heavy (non-hydrogen) atoms. The highest BCUT2D eigenvalue weighted by molar-refractivity contribution is 6.31. The fraction of sp³-hybridized carbons (Fsp3) is 0.188. The minimum atomic E-state index is -0.101. The first-order valence-electron chi connectivity index (χ1n) is 6.37. The second-order valence-electron chi connectivity index (χ2n) is 4.78. The fourth-order valence-electron chi connectivity index (χ4n) is 2.07. The minimum Gasteiger partial charge on any atom is -0.399 e. The second kappa shape index (κ2) is 5.97. The summed E-state index contributed by atoms with van der Waals surface area (Å²) >= 11 is 5.94. The van der Waals surface area contributed by atoms with E-state index in [9.17, 15) is 4.79 Å². The van der Waals surface area contributed by atoms with Crippen molar-refractivity contribution >= 4 is 23.2 Å². The third-order valence-electron chi connectivity index (χ3n) is 3.35. The van der Waals surface area contributed by atoms with Crippen LogP contribution in [-0.2, 0) is 0 Å². The van der Waals surface area contributed by atoms with E-state index in [-0.39, 0.29) is 11.9 Å². The van der Waals surface area contributed by atoms with Crippen LogP contribution in [0.4, 0.5) is 5.69 Å². The molecule has 0 radical (unpaired) electrons. The number of anilines is 1. The molecule has 0 aliphatic rings. The number of amides is 1. The van der Waals surface area contributed by atoms with Crippen molar-refractivity contribution in [3.05, 3.63) is 64.7 Å². The number of hydrogen-bond acceptors (Lipinski definition) is 2. The molecule has 104 valence electrons. The Kier molecular flexibility index (Phi) is 4.30. The van der Waals surface area contributed by atoms with Gasteiger partial charge in [0.05, 0.1) is 6.04 Å². The highest BCUT2D eigenvalue weighted by Gasteiger charge is 2.19. The van der Waals surface area contributed by atoms with Crippen LogP contribution < -0.4 is 5.73 Å². The van der Waals surface area contributed by atoms with Crippen LogP contribution in [0.1, 0.15) is 28.9 Å². The number of hydrogen-bond donors (Lipinski definition) is 1. The molecule has 0 fully saturated rings. The van der Waals surface area contributed by atoms with Crippen molar-refractivity contribution in [1.29, 1.82) is 0 Å². The van der Waals surface area contributed by atoms with E-state index in [1.165, 1.54) is 0 Å². The summed E-state index contributed by atoms with van der Waals surface area (Å²) in [7, 11) is 1.77. The lowest BCUT2D eigenvalue weighted by Crippen LogP contribution is -2.29. The number of nitrogens with two attached hydrogens (primary N) is 1. The van der Waals surface area contributed by atoms with Gasteiger partial charge >= 0.3 is 0 Å². The zero-order valence-corrected chi connectivity index (χ0v) is 12.3. The van der Waals surface area contributed by atoms with Gasteiger partial charge in [-0.25, -0.2) is 0 Å². The Hall–Kier alpha value is -2.00. The van der Waals surface area contributed by atoms with Crippen LogP contribution >= 0.6 is 11.6 Å². The number of carbonyl (C=O) groups excluding carboxylic acids is 1. The van der Waals surface area contributed by atoms with Crippen LogP contribution in [0, 0.1) is 0 Å². The van der Waals surface area contributed by atoms with Gasteiger partial charge < -0.3 is 10.6 Å². The van der Waals surface area contributed by atoms with Gasteiger partial charge in [-0.05, 0) is 30.7 Å². The number of benzene rings is 2. The Labute approximate surface area is 124 Å². The molecule has 2 aromatic carbocycles. The number of halogens is 1. The van der Waals surface area contributed by atoms with Gasteiger partial charge in [0, 0.05) is 23.3 Å². The topological polar surface area (TPSA) is 46.3 Å². The van der Waals surface area contributed by atoms with E-state index in [0.29, 0.717) is 16.3 Å². The van der Waals surface area contributed by atoms with E-state index in [1.807, 2.05) is 37.3 Å². The predicted molar refractivity (Wildman–Crippen MR) is 82.8 cm³/mol. The average Bonchev–Trinajstić information content (AvgIpc) is 2.45. The van der Waals surface area contributed by atoms with Crippen LogP contribution in [0.5, 0.6) is 0 Å². The molecule has 4 heteroatoms. The molecule has 1 unspecified atom stereocenters. The molecule has 0 spiro atoms. The number of nitrogens with zero attached hydrogens (tertiary/aromatic N) is 1. The third-order valence-corrected chi connectivity index (χ3v) is 3.57. The third kappa shape index (κ3) is 3.11.